The van der Waals surface area contributed by atoms with Crippen molar-refractivity contribution in [3.05, 3.63) is 75.2 Å². The Kier molecular flexibility index (Phi) is 5.01. The standard InChI is InChI=1S/C20H21ClN4O2/c1-15-5-7-17(8-6-15)25-19(20(26)27-22-25)14-23-9-11-24(12-10-23)18-4-2-3-16(21)13-18/h2-8,13H,9-12,14H2,1H3/p+1. The van der Waals surface area contributed by atoms with E-state index in [1.54, 1.807) is 4.68 Å². The smallest absolute Gasteiger partial charge is 0.369 e. The van der Waals surface area contributed by atoms with Crippen LogP contribution in [0.15, 0.2) is 57.8 Å². The average Bonchev–Trinajstić information content (AvgIpc) is 3.03. The lowest BCUT2D eigenvalue weighted by Gasteiger charge is -2.35. The van der Waals surface area contributed by atoms with Gasteiger partial charge in [-0.1, -0.05) is 35.4 Å². The van der Waals surface area contributed by atoms with Crippen molar-refractivity contribution >= 4 is 17.3 Å². The molecule has 1 saturated heterocycles. The fourth-order valence-electron chi connectivity index (χ4n) is 3.38. The normalized spacial score (nSPS) is 15.3. The number of piperazine rings is 1. The molecule has 1 N–H and O–H groups in total. The molecule has 2 heterocycles. The van der Waals surface area contributed by atoms with Gasteiger partial charge in [-0.3, -0.25) is 9.42 Å². The van der Waals surface area contributed by atoms with E-state index in [1.807, 2.05) is 49.4 Å². The van der Waals surface area contributed by atoms with Gasteiger partial charge in [-0.25, -0.2) is 4.79 Å². The first-order valence-corrected chi connectivity index (χ1v) is 9.40. The largest absolute Gasteiger partial charge is 0.431 e. The van der Waals surface area contributed by atoms with Crippen LogP contribution in [0.4, 0.5) is 5.69 Å². The minimum atomic E-state index is -0.326. The van der Waals surface area contributed by atoms with Gasteiger partial charge in [0.1, 0.15) is 0 Å². The van der Waals surface area contributed by atoms with Gasteiger partial charge >= 0.3 is 11.3 Å². The molecule has 0 bridgehead atoms. The molecule has 1 aliphatic heterocycles. The first-order chi connectivity index (χ1) is 13.1. The van der Waals surface area contributed by atoms with Crippen LogP contribution in [0.3, 0.4) is 0 Å². The second-order valence-corrected chi connectivity index (χ2v) is 7.28. The van der Waals surface area contributed by atoms with Crippen LogP contribution in [-0.2, 0) is 6.54 Å². The zero-order chi connectivity index (χ0) is 18.8. The van der Waals surface area contributed by atoms with Gasteiger partial charge in [-0.2, -0.15) is 0 Å². The number of rotatable bonds is 4. The van der Waals surface area contributed by atoms with Crippen LogP contribution < -0.4 is 15.2 Å². The summed E-state index contributed by atoms with van der Waals surface area (Å²) in [5.74, 6) is 0. The van der Waals surface area contributed by atoms with E-state index in [9.17, 15) is 4.79 Å². The van der Waals surface area contributed by atoms with Crippen LogP contribution in [0.1, 0.15) is 11.3 Å². The Morgan fingerprint density at radius 2 is 1.85 bits per heavy atom. The number of benzene rings is 2. The summed E-state index contributed by atoms with van der Waals surface area (Å²) in [6.07, 6.45) is 0. The maximum absolute atomic E-state index is 12.2. The lowest BCUT2D eigenvalue weighted by atomic mass is 10.2. The van der Waals surface area contributed by atoms with Crippen LogP contribution >= 0.6 is 11.6 Å². The molecule has 0 atom stereocenters. The molecule has 3 aromatic rings. The first-order valence-electron chi connectivity index (χ1n) is 9.02. The lowest BCUT2D eigenvalue weighted by Crippen LogP contribution is -2.49. The van der Waals surface area contributed by atoms with Crippen molar-refractivity contribution in [1.29, 1.82) is 0 Å². The summed E-state index contributed by atoms with van der Waals surface area (Å²) >= 11 is 6.10. The van der Waals surface area contributed by atoms with Crippen LogP contribution in [0.2, 0.25) is 5.02 Å². The monoisotopic (exact) mass is 385 g/mol. The van der Waals surface area contributed by atoms with Crippen molar-refractivity contribution in [2.45, 2.75) is 13.5 Å². The highest BCUT2D eigenvalue weighted by atomic mass is 35.5. The van der Waals surface area contributed by atoms with Crippen molar-refractivity contribution in [1.82, 2.24) is 10.2 Å². The number of aromatic nitrogens is 2. The summed E-state index contributed by atoms with van der Waals surface area (Å²) in [6.45, 7) is 6.09. The predicted molar refractivity (Wildman–Crippen MR) is 105 cm³/mol. The Labute approximate surface area is 162 Å². The van der Waals surface area contributed by atoms with E-state index < -0.39 is 0 Å². The topological polar surface area (TPSA) is 56.4 Å². The second kappa shape index (κ2) is 7.58. The molecule has 0 spiro atoms. The van der Waals surface area contributed by atoms with E-state index in [0.29, 0.717) is 12.2 Å². The van der Waals surface area contributed by atoms with Gasteiger partial charge in [-0.05, 0) is 35.1 Å². The highest BCUT2D eigenvalue weighted by molar-refractivity contribution is 6.30. The Hall–Kier alpha value is -2.57. The van der Waals surface area contributed by atoms with Gasteiger partial charge < -0.3 is 4.90 Å². The molecule has 7 heteroatoms. The molecule has 1 fully saturated rings. The van der Waals surface area contributed by atoms with Gasteiger partial charge in [-0.15, -0.1) is 0 Å². The number of halogens is 1. The SMILES string of the molecule is Cc1ccc(-[n+]2[nH]oc(=O)c2CN2CCN(c3cccc(Cl)c3)CC2)cc1. The highest BCUT2D eigenvalue weighted by Gasteiger charge is 2.27. The van der Waals surface area contributed by atoms with Crippen LogP contribution in [-0.4, -0.2) is 36.4 Å². The molecule has 1 aromatic heterocycles. The number of hydrogen-bond acceptors (Lipinski definition) is 4. The number of anilines is 1. The maximum atomic E-state index is 12.2. The van der Waals surface area contributed by atoms with Crippen molar-refractivity contribution in [3.63, 3.8) is 0 Å². The van der Waals surface area contributed by atoms with E-state index in [0.717, 1.165) is 42.6 Å². The van der Waals surface area contributed by atoms with Crippen LogP contribution in [0, 0.1) is 6.92 Å². The molecule has 0 radical (unpaired) electrons. The minimum absolute atomic E-state index is 0.326. The maximum Gasteiger partial charge on any atom is 0.431 e. The molecular formula is C20H22ClN4O2+. The molecule has 0 saturated carbocycles. The Balaban J connectivity index is 1.46. The van der Waals surface area contributed by atoms with E-state index in [4.69, 9.17) is 16.1 Å². The van der Waals surface area contributed by atoms with Gasteiger partial charge in [0.25, 0.3) is 0 Å². The summed E-state index contributed by atoms with van der Waals surface area (Å²) in [5, 5.41) is 3.47. The number of aromatic amines is 1. The fourth-order valence-corrected chi connectivity index (χ4v) is 3.56. The molecule has 2 aromatic carbocycles. The quantitative estimate of drug-likeness (QED) is 0.701. The molecule has 0 unspecified atom stereocenters. The second-order valence-electron chi connectivity index (χ2n) is 6.84. The molecule has 6 nitrogen and oxygen atoms in total. The third-order valence-corrected chi connectivity index (χ3v) is 5.18. The highest BCUT2D eigenvalue weighted by Crippen LogP contribution is 2.21. The number of nitrogens with zero attached hydrogens (tertiary/aromatic N) is 3. The summed E-state index contributed by atoms with van der Waals surface area (Å²) in [7, 11) is 0. The Bertz CT molecular complexity index is 972. The van der Waals surface area contributed by atoms with Gasteiger partial charge in [0.15, 0.2) is 0 Å². The van der Waals surface area contributed by atoms with Crippen LogP contribution in [0.5, 0.6) is 0 Å². The van der Waals surface area contributed by atoms with Crippen molar-refractivity contribution in [2.75, 3.05) is 31.1 Å². The summed E-state index contributed by atoms with van der Waals surface area (Å²) in [6, 6.07) is 15.9. The zero-order valence-corrected chi connectivity index (χ0v) is 15.9. The Morgan fingerprint density at radius 1 is 1.11 bits per heavy atom. The third-order valence-electron chi connectivity index (χ3n) is 4.95. The number of nitrogens with one attached hydrogen (secondary N) is 1. The minimum Gasteiger partial charge on any atom is -0.369 e. The summed E-state index contributed by atoms with van der Waals surface area (Å²) in [5.41, 5.74) is 3.48. The van der Waals surface area contributed by atoms with Crippen molar-refractivity contribution < 1.29 is 9.20 Å². The van der Waals surface area contributed by atoms with E-state index in [2.05, 4.69) is 21.1 Å². The van der Waals surface area contributed by atoms with Crippen molar-refractivity contribution in [3.8, 4) is 5.69 Å². The van der Waals surface area contributed by atoms with Crippen LogP contribution in [0.25, 0.3) is 5.69 Å². The Morgan fingerprint density at radius 3 is 2.56 bits per heavy atom. The van der Waals surface area contributed by atoms with E-state index in [-0.39, 0.29) is 5.63 Å². The number of aryl methyl sites for hydroxylation is 1. The number of hydrogen-bond donors (Lipinski definition) is 1. The van der Waals surface area contributed by atoms with E-state index >= 15 is 0 Å². The summed E-state index contributed by atoms with van der Waals surface area (Å²) < 4.78 is 6.78. The van der Waals surface area contributed by atoms with E-state index in [1.165, 1.54) is 5.56 Å². The first kappa shape index (κ1) is 17.8. The van der Waals surface area contributed by atoms with Crippen molar-refractivity contribution in [2.24, 2.45) is 0 Å². The number of H-pyrrole nitrogens is 1. The summed E-state index contributed by atoms with van der Waals surface area (Å²) in [4.78, 5) is 16.8. The molecule has 0 aliphatic carbocycles. The molecular weight excluding hydrogens is 364 g/mol. The molecule has 4 rings (SSSR count). The fraction of sp³-hybridized carbons (Fsp3) is 0.300. The van der Waals surface area contributed by atoms with Gasteiger partial charge in [0.05, 0.1) is 6.54 Å². The predicted octanol–water partition coefficient (Wildman–Crippen LogP) is 2.53. The molecule has 1 aliphatic rings. The van der Waals surface area contributed by atoms with Gasteiger partial charge in [0, 0.05) is 49.0 Å². The average molecular weight is 386 g/mol. The molecule has 140 valence electrons. The lowest BCUT2D eigenvalue weighted by molar-refractivity contribution is -0.678. The third kappa shape index (κ3) is 3.91. The molecule has 27 heavy (non-hydrogen) atoms. The zero-order valence-electron chi connectivity index (χ0n) is 15.2. The van der Waals surface area contributed by atoms with Gasteiger partial charge in [0.2, 0.25) is 5.69 Å². The molecule has 0 amide bonds.